The Labute approximate surface area is 178 Å². The molecule has 0 radical (unpaired) electrons. The number of benzene rings is 1. The monoisotopic (exact) mass is 412 g/mol. The Morgan fingerprint density at radius 1 is 1.13 bits per heavy atom. The molecule has 2 aromatic rings. The number of imidazole rings is 1. The van der Waals surface area contributed by atoms with Crippen LogP contribution in [0, 0.1) is 0 Å². The molecule has 2 aliphatic rings. The number of hydrogen-bond acceptors (Lipinski definition) is 5. The predicted molar refractivity (Wildman–Crippen MR) is 115 cm³/mol. The van der Waals surface area contributed by atoms with Crippen LogP contribution in [0.4, 0.5) is 0 Å². The van der Waals surface area contributed by atoms with Gasteiger partial charge in [-0.2, -0.15) is 0 Å². The number of aliphatic hydroxyl groups excluding tert-OH is 1. The molecule has 162 valence electrons. The summed E-state index contributed by atoms with van der Waals surface area (Å²) in [6.45, 7) is 3.93. The topological polar surface area (TPSA) is 79.6 Å². The molecule has 0 unspecified atom stereocenters. The number of rotatable bonds is 7. The lowest BCUT2D eigenvalue weighted by Gasteiger charge is -2.35. The summed E-state index contributed by atoms with van der Waals surface area (Å²) >= 11 is 0. The number of piperidine rings is 1. The maximum atomic E-state index is 12.7. The number of amides is 1. The molecule has 4 rings (SSSR count). The van der Waals surface area contributed by atoms with Gasteiger partial charge in [-0.05, 0) is 69.5 Å². The zero-order valence-electron chi connectivity index (χ0n) is 17.4. The van der Waals surface area contributed by atoms with Gasteiger partial charge in [-0.1, -0.05) is 6.42 Å². The SMILES string of the molecule is O=C(N[C@@H]1CCC[C@@H](n2ccnc2)[C@@H]1O)c1ccc(OCCN2CCCCC2)cc1. The highest BCUT2D eigenvalue weighted by Gasteiger charge is 2.33. The van der Waals surface area contributed by atoms with E-state index in [0.717, 1.165) is 44.6 Å². The number of carbonyl (C=O) groups is 1. The van der Waals surface area contributed by atoms with Crippen molar-refractivity contribution in [3.8, 4) is 5.75 Å². The molecule has 0 bridgehead atoms. The zero-order chi connectivity index (χ0) is 20.8. The minimum atomic E-state index is -0.630. The van der Waals surface area contributed by atoms with Gasteiger partial charge in [-0.15, -0.1) is 0 Å². The van der Waals surface area contributed by atoms with E-state index in [0.29, 0.717) is 12.2 Å². The molecule has 2 fully saturated rings. The normalized spacial score (nSPS) is 25.0. The second kappa shape index (κ2) is 10.1. The third-order valence-corrected chi connectivity index (χ3v) is 6.29. The minimum absolute atomic E-state index is 0.0535. The fraction of sp³-hybridized carbons (Fsp3) is 0.565. The van der Waals surface area contributed by atoms with E-state index in [9.17, 15) is 9.90 Å². The average Bonchev–Trinajstić information content (AvgIpc) is 3.31. The summed E-state index contributed by atoms with van der Waals surface area (Å²) in [5, 5.41) is 13.8. The Morgan fingerprint density at radius 2 is 1.93 bits per heavy atom. The van der Waals surface area contributed by atoms with Crippen LogP contribution in [-0.4, -0.2) is 63.9 Å². The molecule has 30 heavy (non-hydrogen) atoms. The van der Waals surface area contributed by atoms with Crippen molar-refractivity contribution in [1.82, 2.24) is 19.8 Å². The Morgan fingerprint density at radius 3 is 2.67 bits per heavy atom. The van der Waals surface area contributed by atoms with E-state index in [2.05, 4.69) is 15.2 Å². The summed E-state index contributed by atoms with van der Waals surface area (Å²) in [5.41, 5.74) is 0.579. The predicted octanol–water partition coefficient (Wildman–Crippen LogP) is 2.63. The number of aromatic nitrogens is 2. The van der Waals surface area contributed by atoms with Gasteiger partial charge in [-0.3, -0.25) is 9.69 Å². The number of hydrogen-bond donors (Lipinski definition) is 2. The third-order valence-electron chi connectivity index (χ3n) is 6.29. The maximum absolute atomic E-state index is 12.7. The molecule has 1 saturated heterocycles. The summed E-state index contributed by atoms with van der Waals surface area (Å²) in [5.74, 6) is 0.617. The van der Waals surface area contributed by atoms with E-state index in [1.165, 1.54) is 19.3 Å². The van der Waals surface area contributed by atoms with Crippen LogP contribution in [0.3, 0.4) is 0 Å². The van der Waals surface area contributed by atoms with Crippen LogP contribution in [-0.2, 0) is 0 Å². The van der Waals surface area contributed by atoms with E-state index >= 15 is 0 Å². The Bertz CT molecular complexity index is 787. The summed E-state index contributed by atoms with van der Waals surface area (Å²) < 4.78 is 7.77. The van der Waals surface area contributed by atoms with E-state index in [-0.39, 0.29) is 18.0 Å². The highest BCUT2D eigenvalue weighted by Crippen LogP contribution is 2.29. The van der Waals surface area contributed by atoms with Crippen LogP contribution in [0.2, 0.25) is 0 Å². The van der Waals surface area contributed by atoms with Crippen LogP contribution in [0.5, 0.6) is 5.75 Å². The van der Waals surface area contributed by atoms with E-state index < -0.39 is 6.10 Å². The van der Waals surface area contributed by atoms with Gasteiger partial charge in [-0.25, -0.2) is 4.98 Å². The van der Waals surface area contributed by atoms with Gasteiger partial charge in [0.2, 0.25) is 0 Å². The lowest BCUT2D eigenvalue weighted by atomic mass is 9.87. The standard InChI is InChI=1S/C23H32N4O3/c28-22-20(5-4-6-21(22)27-14-11-24-17-27)25-23(29)18-7-9-19(10-8-18)30-16-15-26-12-2-1-3-13-26/h7-11,14,17,20-22,28H,1-6,12-13,15-16H2,(H,25,29)/t20-,21-,22-/m1/s1. The molecule has 3 atom stereocenters. The van der Waals surface area contributed by atoms with Gasteiger partial charge < -0.3 is 19.7 Å². The van der Waals surface area contributed by atoms with Crippen molar-refractivity contribution in [3.05, 3.63) is 48.5 Å². The molecular weight excluding hydrogens is 380 g/mol. The number of aliphatic hydroxyl groups is 1. The van der Waals surface area contributed by atoms with Gasteiger partial charge >= 0.3 is 0 Å². The van der Waals surface area contributed by atoms with Crippen molar-refractivity contribution in [2.45, 2.75) is 56.7 Å². The van der Waals surface area contributed by atoms with Gasteiger partial charge in [0.1, 0.15) is 12.4 Å². The molecule has 1 amide bonds. The number of likely N-dealkylation sites (tertiary alicyclic amines) is 1. The molecular formula is C23H32N4O3. The first-order valence-corrected chi connectivity index (χ1v) is 11.1. The van der Waals surface area contributed by atoms with Gasteiger partial charge in [0, 0.05) is 24.5 Å². The number of nitrogens with one attached hydrogen (secondary N) is 1. The van der Waals surface area contributed by atoms with E-state index in [4.69, 9.17) is 4.74 Å². The lowest BCUT2D eigenvalue weighted by Crippen LogP contribution is -2.49. The summed E-state index contributed by atoms with van der Waals surface area (Å²) in [4.78, 5) is 19.2. The number of nitrogens with zero attached hydrogens (tertiary/aromatic N) is 3. The maximum Gasteiger partial charge on any atom is 0.251 e. The fourth-order valence-electron chi connectivity index (χ4n) is 4.54. The molecule has 1 aromatic heterocycles. The fourth-order valence-corrected chi connectivity index (χ4v) is 4.54. The van der Waals surface area contributed by atoms with Crippen LogP contribution >= 0.6 is 0 Å². The lowest BCUT2D eigenvalue weighted by molar-refractivity contribution is 0.0399. The third kappa shape index (κ3) is 5.21. The molecule has 1 aromatic carbocycles. The first kappa shape index (κ1) is 20.9. The largest absolute Gasteiger partial charge is 0.492 e. The molecule has 2 heterocycles. The molecule has 1 saturated carbocycles. The zero-order valence-corrected chi connectivity index (χ0v) is 17.4. The summed E-state index contributed by atoms with van der Waals surface area (Å²) in [7, 11) is 0. The highest BCUT2D eigenvalue weighted by molar-refractivity contribution is 5.94. The van der Waals surface area contributed by atoms with E-state index in [1.807, 2.05) is 22.9 Å². The number of carbonyl (C=O) groups excluding carboxylic acids is 1. The second-order valence-electron chi connectivity index (χ2n) is 8.35. The molecule has 2 N–H and O–H groups in total. The molecule has 1 aliphatic carbocycles. The smallest absolute Gasteiger partial charge is 0.251 e. The van der Waals surface area contributed by atoms with Crippen molar-refractivity contribution in [2.24, 2.45) is 0 Å². The summed E-state index contributed by atoms with van der Waals surface area (Å²) in [6.07, 6.45) is 11.2. The molecule has 1 aliphatic heterocycles. The average molecular weight is 413 g/mol. The van der Waals surface area contributed by atoms with Crippen molar-refractivity contribution in [1.29, 1.82) is 0 Å². The van der Waals surface area contributed by atoms with E-state index in [1.54, 1.807) is 24.7 Å². The summed E-state index contributed by atoms with van der Waals surface area (Å²) in [6, 6.07) is 6.94. The quantitative estimate of drug-likeness (QED) is 0.731. The van der Waals surface area contributed by atoms with Crippen molar-refractivity contribution in [3.63, 3.8) is 0 Å². The molecule has 0 spiro atoms. The Hall–Kier alpha value is -2.38. The van der Waals surface area contributed by atoms with Crippen LogP contribution < -0.4 is 10.1 Å². The number of ether oxygens (including phenoxy) is 1. The first-order chi connectivity index (χ1) is 14.7. The first-order valence-electron chi connectivity index (χ1n) is 11.1. The van der Waals surface area contributed by atoms with Crippen molar-refractivity contribution >= 4 is 5.91 Å². The van der Waals surface area contributed by atoms with Crippen LogP contribution in [0.15, 0.2) is 43.0 Å². The van der Waals surface area contributed by atoms with Crippen molar-refractivity contribution in [2.75, 3.05) is 26.2 Å². The van der Waals surface area contributed by atoms with Gasteiger partial charge in [0.05, 0.1) is 24.5 Å². The minimum Gasteiger partial charge on any atom is -0.492 e. The van der Waals surface area contributed by atoms with Crippen LogP contribution in [0.1, 0.15) is 54.9 Å². The second-order valence-corrected chi connectivity index (χ2v) is 8.35. The Balaban J connectivity index is 1.27. The molecule has 7 heteroatoms. The van der Waals surface area contributed by atoms with Crippen molar-refractivity contribution < 1.29 is 14.6 Å². The van der Waals surface area contributed by atoms with Gasteiger partial charge in [0.15, 0.2) is 0 Å². The highest BCUT2D eigenvalue weighted by atomic mass is 16.5. The Kier molecular flexibility index (Phi) is 7.02. The molecule has 7 nitrogen and oxygen atoms in total. The van der Waals surface area contributed by atoms with Crippen LogP contribution in [0.25, 0.3) is 0 Å². The van der Waals surface area contributed by atoms with Gasteiger partial charge in [0.25, 0.3) is 5.91 Å².